The summed E-state index contributed by atoms with van der Waals surface area (Å²) in [4.78, 5) is 0. The first-order valence-corrected chi connectivity index (χ1v) is 7.82. The van der Waals surface area contributed by atoms with Gasteiger partial charge in [-0.15, -0.1) is 5.10 Å². The van der Waals surface area contributed by atoms with E-state index in [0.29, 0.717) is 0 Å². The molecule has 3 rings (SSSR count). The highest BCUT2D eigenvalue weighted by atomic mass is 16.5. The zero-order valence-electron chi connectivity index (χ0n) is 12.9. The molecule has 0 aliphatic carbocycles. The van der Waals surface area contributed by atoms with Crippen LogP contribution in [0, 0.1) is 0 Å². The number of hydrogen-bond donors (Lipinski definition) is 3. The van der Waals surface area contributed by atoms with Crippen LogP contribution in [0.1, 0.15) is 36.2 Å². The Labute approximate surface area is 136 Å². The average molecular weight is 310 g/mol. The number of nitrogens with zero attached hydrogens (tertiary/aromatic N) is 1. The van der Waals surface area contributed by atoms with Crippen LogP contribution in [-0.2, 0) is 4.74 Å². The molecule has 0 amide bonds. The van der Waals surface area contributed by atoms with Gasteiger partial charge in [-0.1, -0.05) is 60.7 Å². The fraction of sp³-hybridized carbons (Fsp3) is 0.278. The summed E-state index contributed by atoms with van der Waals surface area (Å²) in [5, 5.41) is 3.97. The molecule has 3 atom stereocenters. The molecule has 1 fully saturated rings. The zero-order chi connectivity index (χ0) is 16.1. The molecule has 2 aromatic rings. The predicted octanol–water partition coefficient (Wildman–Crippen LogP) is 2.43. The molecule has 1 unspecified atom stereocenters. The first-order chi connectivity index (χ1) is 11.2. The first kappa shape index (κ1) is 15.4. The Balaban J connectivity index is 1.82. The van der Waals surface area contributed by atoms with Crippen molar-refractivity contribution in [2.24, 2.45) is 16.6 Å². The molecule has 1 heterocycles. The quantitative estimate of drug-likeness (QED) is 0.460. The summed E-state index contributed by atoms with van der Waals surface area (Å²) < 4.78 is 6.34. The van der Waals surface area contributed by atoms with Crippen LogP contribution >= 0.6 is 0 Å². The monoisotopic (exact) mass is 310 g/mol. The Morgan fingerprint density at radius 1 is 0.870 bits per heavy atom. The van der Waals surface area contributed by atoms with Crippen LogP contribution in [0.4, 0.5) is 0 Å². The number of nitrogens with two attached hydrogens (primary N) is 2. The van der Waals surface area contributed by atoms with Gasteiger partial charge in [0.1, 0.15) is 0 Å². The molecule has 2 aromatic carbocycles. The third kappa shape index (κ3) is 4.02. The second-order valence-corrected chi connectivity index (χ2v) is 5.77. The molecule has 5 nitrogen and oxygen atoms in total. The zero-order valence-corrected chi connectivity index (χ0v) is 12.9. The largest absolute Gasteiger partial charge is 0.369 e. The summed E-state index contributed by atoms with van der Waals surface area (Å²) in [5.41, 5.74) is 16.3. The maximum absolute atomic E-state index is 6.34. The highest BCUT2D eigenvalue weighted by molar-refractivity contribution is 5.75. The van der Waals surface area contributed by atoms with E-state index in [1.807, 2.05) is 36.4 Å². The van der Waals surface area contributed by atoms with Crippen molar-refractivity contribution in [3.63, 3.8) is 0 Å². The van der Waals surface area contributed by atoms with Crippen molar-refractivity contribution in [3.05, 3.63) is 71.8 Å². The van der Waals surface area contributed by atoms with Crippen molar-refractivity contribution < 1.29 is 4.74 Å². The molecule has 5 N–H and O–H groups in total. The van der Waals surface area contributed by atoms with Crippen molar-refractivity contribution >= 4 is 5.96 Å². The molecular formula is C18H22N4O. The SMILES string of the molecule is NC(N)=NNC1C[C@@H](c2ccccc2)O[C@@H](c2ccccc2)C1. The van der Waals surface area contributed by atoms with E-state index in [0.717, 1.165) is 12.8 Å². The first-order valence-electron chi connectivity index (χ1n) is 7.82. The molecule has 0 radical (unpaired) electrons. The summed E-state index contributed by atoms with van der Waals surface area (Å²) in [7, 11) is 0. The topological polar surface area (TPSA) is 85.7 Å². The summed E-state index contributed by atoms with van der Waals surface area (Å²) in [6.45, 7) is 0. The third-order valence-corrected chi connectivity index (χ3v) is 4.04. The lowest BCUT2D eigenvalue weighted by molar-refractivity contribution is -0.0655. The van der Waals surface area contributed by atoms with Gasteiger partial charge in [0.25, 0.3) is 0 Å². The van der Waals surface area contributed by atoms with Crippen molar-refractivity contribution in [3.8, 4) is 0 Å². The number of ether oxygens (including phenoxy) is 1. The molecule has 120 valence electrons. The third-order valence-electron chi connectivity index (χ3n) is 4.04. The van der Waals surface area contributed by atoms with E-state index in [1.54, 1.807) is 0 Å². The van der Waals surface area contributed by atoms with Gasteiger partial charge in [0.2, 0.25) is 5.96 Å². The van der Waals surface area contributed by atoms with Gasteiger partial charge >= 0.3 is 0 Å². The second kappa shape index (κ2) is 7.15. The van der Waals surface area contributed by atoms with Crippen molar-refractivity contribution in [1.82, 2.24) is 5.43 Å². The lowest BCUT2D eigenvalue weighted by atomic mass is 9.91. The van der Waals surface area contributed by atoms with E-state index < -0.39 is 0 Å². The Bertz CT molecular complexity index is 593. The minimum absolute atomic E-state index is 0.0156. The molecule has 0 bridgehead atoms. The number of hydrazone groups is 1. The van der Waals surface area contributed by atoms with Crippen LogP contribution in [0.5, 0.6) is 0 Å². The van der Waals surface area contributed by atoms with Crippen LogP contribution in [0.25, 0.3) is 0 Å². The van der Waals surface area contributed by atoms with Crippen LogP contribution < -0.4 is 16.9 Å². The van der Waals surface area contributed by atoms with E-state index in [2.05, 4.69) is 34.8 Å². The van der Waals surface area contributed by atoms with Gasteiger partial charge in [-0.25, -0.2) is 0 Å². The summed E-state index contributed by atoms with van der Waals surface area (Å²) in [6.07, 6.45) is 1.68. The lowest BCUT2D eigenvalue weighted by Crippen LogP contribution is -2.37. The molecule has 1 saturated heterocycles. The Kier molecular flexibility index (Phi) is 4.78. The van der Waals surface area contributed by atoms with Crippen molar-refractivity contribution in [1.29, 1.82) is 0 Å². The standard InChI is InChI=1S/C18H22N4O/c19-18(20)22-21-15-11-16(13-7-3-1-4-8-13)23-17(12-15)14-9-5-2-6-10-14/h1-10,15-17,21H,11-12H2,(H4,19,20,22)/t15?,16-,17+. The predicted molar refractivity (Wildman–Crippen MR) is 91.4 cm³/mol. The smallest absolute Gasteiger partial charge is 0.208 e. The minimum Gasteiger partial charge on any atom is -0.369 e. The molecule has 0 saturated carbocycles. The number of guanidine groups is 1. The van der Waals surface area contributed by atoms with Gasteiger partial charge in [0, 0.05) is 6.04 Å². The Hall–Kier alpha value is -2.53. The molecule has 0 aromatic heterocycles. The van der Waals surface area contributed by atoms with Gasteiger partial charge in [-0.05, 0) is 24.0 Å². The second-order valence-electron chi connectivity index (χ2n) is 5.77. The van der Waals surface area contributed by atoms with E-state index in [-0.39, 0.29) is 24.2 Å². The molecule has 1 aliphatic rings. The molecule has 23 heavy (non-hydrogen) atoms. The Morgan fingerprint density at radius 2 is 1.35 bits per heavy atom. The number of rotatable bonds is 4. The minimum atomic E-state index is 0.0156. The maximum atomic E-state index is 6.34. The van der Waals surface area contributed by atoms with E-state index in [1.165, 1.54) is 11.1 Å². The van der Waals surface area contributed by atoms with Crippen LogP contribution in [-0.4, -0.2) is 12.0 Å². The van der Waals surface area contributed by atoms with Gasteiger partial charge < -0.3 is 21.6 Å². The normalized spacial score (nSPS) is 23.9. The molecule has 1 aliphatic heterocycles. The van der Waals surface area contributed by atoms with Gasteiger partial charge in [-0.3, -0.25) is 0 Å². The van der Waals surface area contributed by atoms with E-state index >= 15 is 0 Å². The summed E-state index contributed by atoms with van der Waals surface area (Å²) in [6, 6.07) is 20.7. The average Bonchev–Trinajstić information content (AvgIpc) is 2.61. The molecule has 0 spiro atoms. The van der Waals surface area contributed by atoms with Crippen molar-refractivity contribution in [2.45, 2.75) is 31.1 Å². The Morgan fingerprint density at radius 3 is 1.78 bits per heavy atom. The van der Waals surface area contributed by atoms with Gasteiger partial charge in [0.05, 0.1) is 12.2 Å². The van der Waals surface area contributed by atoms with Crippen LogP contribution in [0.15, 0.2) is 65.8 Å². The van der Waals surface area contributed by atoms with Gasteiger partial charge in [0.15, 0.2) is 0 Å². The van der Waals surface area contributed by atoms with Gasteiger partial charge in [-0.2, -0.15) is 0 Å². The molecular weight excluding hydrogens is 288 g/mol. The van der Waals surface area contributed by atoms with Crippen LogP contribution in [0.3, 0.4) is 0 Å². The highest BCUT2D eigenvalue weighted by Crippen LogP contribution is 2.38. The number of nitrogens with one attached hydrogen (secondary N) is 1. The lowest BCUT2D eigenvalue weighted by Gasteiger charge is -2.35. The maximum Gasteiger partial charge on any atom is 0.208 e. The molecule has 5 heteroatoms. The van der Waals surface area contributed by atoms with Crippen molar-refractivity contribution in [2.75, 3.05) is 0 Å². The number of hydrogen-bond acceptors (Lipinski definition) is 3. The summed E-state index contributed by atoms with van der Waals surface area (Å²) in [5.74, 6) is 0.0454. The van der Waals surface area contributed by atoms with Crippen LogP contribution in [0.2, 0.25) is 0 Å². The highest BCUT2D eigenvalue weighted by Gasteiger charge is 2.31. The fourth-order valence-electron chi connectivity index (χ4n) is 2.96. The number of benzene rings is 2. The van der Waals surface area contributed by atoms with E-state index in [4.69, 9.17) is 16.2 Å². The van der Waals surface area contributed by atoms with E-state index in [9.17, 15) is 0 Å². The fourth-order valence-corrected chi connectivity index (χ4v) is 2.96. The summed E-state index contributed by atoms with van der Waals surface area (Å²) >= 11 is 0.